The van der Waals surface area contributed by atoms with Crippen LogP contribution in [-0.4, -0.2) is 34.2 Å². The second-order valence-corrected chi connectivity index (χ2v) is 11.6. The van der Waals surface area contributed by atoms with E-state index < -0.39 is 17.2 Å². The number of piperidine rings is 1. The third kappa shape index (κ3) is 5.20. The monoisotopic (exact) mass is 566 g/mol. The highest BCUT2D eigenvalue weighted by molar-refractivity contribution is 6.38. The Morgan fingerprint density at radius 1 is 1.05 bits per heavy atom. The van der Waals surface area contributed by atoms with Crippen LogP contribution in [-0.2, 0) is 24.4 Å². The Kier molecular flexibility index (Phi) is 7.67. The number of fused-ring (bicyclic) bond motifs is 1. The minimum atomic E-state index is -4.44. The average molecular weight is 567 g/mol. The fourth-order valence-corrected chi connectivity index (χ4v) is 5.95. The van der Waals surface area contributed by atoms with E-state index in [1.54, 1.807) is 42.5 Å². The summed E-state index contributed by atoms with van der Waals surface area (Å²) in [6.45, 7) is 8.23. The summed E-state index contributed by atoms with van der Waals surface area (Å²) in [6, 6.07) is 7.38. The number of hydrogen-bond donors (Lipinski definition) is 0. The van der Waals surface area contributed by atoms with E-state index in [1.807, 2.05) is 19.9 Å². The highest BCUT2D eigenvalue weighted by Gasteiger charge is 2.37. The van der Waals surface area contributed by atoms with Gasteiger partial charge in [-0.3, -0.25) is 9.59 Å². The van der Waals surface area contributed by atoms with Gasteiger partial charge in [0, 0.05) is 53.6 Å². The summed E-state index contributed by atoms with van der Waals surface area (Å²) in [6.07, 6.45) is -2.74. The third-order valence-electron chi connectivity index (χ3n) is 8.28. The van der Waals surface area contributed by atoms with Gasteiger partial charge in [0.15, 0.2) is 0 Å². The van der Waals surface area contributed by atoms with Gasteiger partial charge in [-0.25, -0.2) is 0 Å². The Balaban J connectivity index is 1.61. The quantitative estimate of drug-likeness (QED) is 0.315. The molecule has 204 valence electrons. The predicted molar refractivity (Wildman–Crippen MR) is 145 cm³/mol. The number of rotatable bonds is 5. The number of aromatic nitrogens is 1. The summed E-state index contributed by atoms with van der Waals surface area (Å²) in [7, 11) is 1.71. The number of carbonyl (C=O) groups excluding carboxylic acids is 2. The summed E-state index contributed by atoms with van der Waals surface area (Å²) in [5, 5.41) is 1.34. The lowest BCUT2D eigenvalue weighted by Crippen LogP contribution is -2.44. The molecule has 1 amide bonds. The van der Waals surface area contributed by atoms with Crippen LogP contribution in [0.4, 0.5) is 13.2 Å². The van der Waals surface area contributed by atoms with Crippen molar-refractivity contribution in [1.29, 1.82) is 0 Å². The summed E-state index contributed by atoms with van der Waals surface area (Å²) in [4.78, 5) is 27.2. The van der Waals surface area contributed by atoms with Crippen LogP contribution in [0.25, 0.3) is 10.9 Å². The SMILES string of the molecule is CC(=O)C(C)(C)C1CCN(C(=O)c2ccc(Cl)c(Cc3cc4c(C)cc(C(F)(F)F)cc4n3C)c2Cl)CC1. The van der Waals surface area contributed by atoms with E-state index in [1.165, 1.54) is 0 Å². The van der Waals surface area contributed by atoms with Crippen LogP contribution in [0.15, 0.2) is 30.3 Å². The number of ketones is 1. The van der Waals surface area contributed by atoms with Gasteiger partial charge >= 0.3 is 6.18 Å². The van der Waals surface area contributed by atoms with Gasteiger partial charge in [0.1, 0.15) is 5.78 Å². The number of carbonyl (C=O) groups is 2. The van der Waals surface area contributed by atoms with Crippen molar-refractivity contribution in [1.82, 2.24) is 9.47 Å². The zero-order valence-electron chi connectivity index (χ0n) is 22.1. The maximum absolute atomic E-state index is 13.4. The predicted octanol–water partition coefficient (Wildman–Crippen LogP) is 7.87. The molecule has 9 heteroatoms. The van der Waals surface area contributed by atoms with Gasteiger partial charge in [-0.1, -0.05) is 37.0 Å². The highest BCUT2D eigenvalue weighted by Crippen LogP contribution is 2.38. The molecule has 1 fully saturated rings. The van der Waals surface area contributed by atoms with Crippen molar-refractivity contribution < 1.29 is 22.8 Å². The smallest absolute Gasteiger partial charge is 0.347 e. The first-order valence-electron chi connectivity index (χ1n) is 12.6. The summed E-state index contributed by atoms with van der Waals surface area (Å²) < 4.78 is 41.8. The number of halogens is 5. The molecule has 1 aromatic heterocycles. The molecule has 0 N–H and O–H groups in total. The fraction of sp³-hybridized carbons (Fsp3) is 0.448. The maximum atomic E-state index is 13.4. The normalized spacial score (nSPS) is 15.4. The Bertz CT molecular complexity index is 1420. The summed E-state index contributed by atoms with van der Waals surface area (Å²) in [5.74, 6) is 0.147. The number of nitrogens with zero attached hydrogens (tertiary/aromatic N) is 2. The van der Waals surface area contributed by atoms with Crippen molar-refractivity contribution in [2.24, 2.45) is 18.4 Å². The molecule has 4 nitrogen and oxygen atoms in total. The van der Waals surface area contributed by atoms with E-state index in [9.17, 15) is 22.8 Å². The van der Waals surface area contributed by atoms with E-state index in [0.29, 0.717) is 45.7 Å². The van der Waals surface area contributed by atoms with E-state index >= 15 is 0 Å². The molecule has 1 saturated heterocycles. The third-order valence-corrected chi connectivity index (χ3v) is 9.07. The van der Waals surface area contributed by atoms with Gasteiger partial charge in [0.2, 0.25) is 0 Å². The van der Waals surface area contributed by atoms with E-state index in [4.69, 9.17) is 23.2 Å². The maximum Gasteiger partial charge on any atom is 0.416 e. The van der Waals surface area contributed by atoms with E-state index in [2.05, 4.69) is 0 Å². The van der Waals surface area contributed by atoms with Gasteiger partial charge < -0.3 is 9.47 Å². The largest absolute Gasteiger partial charge is 0.416 e. The van der Waals surface area contributed by atoms with Crippen LogP contribution in [0.2, 0.25) is 10.0 Å². The first kappa shape index (κ1) is 28.5. The lowest BCUT2D eigenvalue weighted by atomic mass is 9.71. The number of alkyl halides is 3. The minimum Gasteiger partial charge on any atom is -0.347 e. The molecule has 0 radical (unpaired) electrons. The van der Waals surface area contributed by atoms with Crippen LogP contribution in [0.1, 0.15) is 66.4 Å². The molecular weight excluding hydrogens is 536 g/mol. The number of likely N-dealkylation sites (tertiary alicyclic amines) is 1. The molecule has 1 aliphatic rings. The van der Waals surface area contributed by atoms with Crippen molar-refractivity contribution in [3.8, 4) is 0 Å². The topological polar surface area (TPSA) is 42.3 Å². The minimum absolute atomic E-state index is 0.144. The van der Waals surface area contributed by atoms with Crippen LogP contribution in [0.3, 0.4) is 0 Å². The standard InChI is InChI=1S/C29H31Cl2F3N2O2/c1-16-12-19(29(32,33)34)13-25-22(16)14-20(35(25)5)15-23-24(30)7-6-21(26(23)31)27(38)36-10-8-18(9-11-36)28(3,4)17(2)37/h6-7,12-14,18H,8-11,15H2,1-5H3. The Morgan fingerprint density at radius 3 is 2.26 bits per heavy atom. The van der Waals surface area contributed by atoms with Gasteiger partial charge in [-0.2, -0.15) is 13.2 Å². The zero-order valence-corrected chi connectivity index (χ0v) is 23.6. The molecule has 38 heavy (non-hydrogen) atoms. The molecule has 0 bridgehead atoms. The van der Waals surface area contributed by atoms with Gasteiger partial charge in [-0.05, 0) is 74.1 Å². The van der Waals surface area contributed by atoms with Gasteiger partial charge in [-0.15, -0.1) is 0 Å². The number of amides is 1. The molecule has 3 aromatic rings. The number of hydrogen-bond acceptors (Lipinski definition) is 2. The van der Waals surface area contributed by atoms with Crippen molar-refractivity contribution in [3.63, 3.8) is 0 Å². The number of Topliss-reactive ketones (excluding diaryl/α,β-unsaturated/α-hetero) is 1. The van der Waals surface area contributed by atoms with Crippen molar-refractivity contribution in [3.05, 3.63) is 68.3 Å². The number of aryl methyl sites for hydroxylation is 2. The van der Waals surface area contributed by atoms with Crippen LogP contribution in [0.5, 0.6) is 0 Å². The van der Waals surface area contributed by atoms with Gasteiger partial charge in [0.05, 0.1) is 16.1 Å². The Labute approximate surface area is 230 Å². The molecule has 0 saturated carbocycles. The molecule has 0 spiro atoms. The molecule has 0 atom stereocenters. The summed E-state index contributed by atoms with van der Waals surface area (Å²) in [5.41, 5.74) is 1.46. The number of benzene rings is 2. The van der Waals surface area contributed by atoms with Crippen LogP contribution >= 0.6 is 23.2 Å². The summed E-state index contributed by atoms with van der Waals surface area (Å²) >= 11 is 13.3. The average Bonchev–Trinajstić information content (AvgIpc) is 3.16. The van der Waals surface area contributed by atoms with Crippen molar-refractivity contribution in [2.75, 3.05) is 13.1 Å². The molecular formula is C29H31Cl2F3N2O2. The first-order valence-corrected chi connectivity index (χ1v) is 13.3. The lowest BCUT2D eigenvalue weighted by Gasteiger charge is -2.39. The second-order valence-electron chi connectivity index (χ2n) is 10.8. The zero-order chi connectivity index (χ0) is 28.2. The first-order chi connectivity index (χ1) is 17.6. The molecule has 4 rings (SSSR count). The van der Waals surface area contributed by atoms with E-state index in [0.717, 1.165) is 30.7 Å². The van der Waals surface area contributed by atoms with Crippen molar-refractivity contribution >= 4 is 45.8 Å². The molecule has 0 aliphatic carbocycles. The fourth-order valence-electron chi connectivity index (χ4n) is 5.36. The molecule has 2 heterocycles. The van der Waals surface area contributed by atoms with Gasteiger partial charge in [0.25, 0.3) is 5.91 Å². The molecule has 1 aliphatic heterocycles. The second kappa shape index (κ2) is 10.2. The highest BCUT2D eigenvalue weighted by atomic mass is 35.5. The van der Waals surface area contributed by atoms with Crippen molar-refractivity contribution in [2.45, 2.75) is 53.1 Å². The molecule has 2 aromatic carbocycles. The Hall–Kier alpha value is -2.51. The Morgan fingerprint density at radius 2 is 1.68 bits per heavy atom. The lowest BCUT2D eigenvalue weighted by molar-refractivity contribution is -0.137. The molecule has 0 unspecified atom stereocenters. The van der Waals surface area contributed by atoms with Crippen LogP contribution < -0.4 is 0 Å². The van der Waals surface area contributed by atoms with E-state index in [-0.39, 0.29) is 29.1 Å². The van der Waals surface area contributed by atoms with Crippen LogP contribution in [0, 0.1) is 18.3 Å².